The van der Waals surface area contributed by atoms with Gasteiger partial charge in [0, 0.05) is 11.5 Å². The van der Waals surface area contributed by atoms with E-state index >= 15 is 0 Å². The molecule has 0 spiro atoms. The van der Waals surface area contributed by atoms with E-state index in [1.54, 1.807) is 0 Å². The van der Waals surface area contributed by atoms with Crippen molar-refractivity contribution >= 4 is 18.0 Å². The van der Waals surface area contributed by atoms with E-state index in [-0.39, 0.29) is 0 Å². The molecule has 0 aromatic carbocycles. The summed E-state index contributed by atoms with van der Waals surface area (Å²) in [6, 6.07) is 0. The van der Waals surface area contributed by atoms with Crippen LogP contribution in [-0.2, 0) is 0 Å². The van der Waals surface area contributed by atoms with Crippen LogP contribution >= 0.6 is 11.8 Å². The van der Waals surface area contributed by atoms with Gasteiger partial charge in [0.05, 0.1) is 5.37 Å². The molecule has 0 aromatic heterocycles. The first kappa shape index (κ1) is 9.11. The maximum Gasteiger partial charge on any atom is 0.0954 e. The summed E-state index contributed by atoms with van der Waals surface area (Å²) in [4.78, 5) is 4.43. The van der Waals surface area contributed by atoms with Crippen molar-refractivity contribution in [3.05, 3.63) is 0 Å². The van der Waals surface area contributed by atoms with Gasteiger partial charge in [-0.15, -0.1) is 11.8 Å². The summed E-state index contributed by atoms with van der Waals surface area (Å²) >= 11 is 1.99. The first-order valence-electron chi connectivity index (χ1n) is 4.51. The molecule has 0 bridgehead atoms. The normalized spacial score (nSPS) is 29.6. The Bertz CT molecular complexity index is 134. The maximum absolute atomic E-state index is 4.43. The lowest BCUT2D eigenvalue weighted by atomic mass is 10.2. The van der Waals surface area contributed by atoms with Crippen LogP contribution in [0.15, 0.2) is 4.99 Å². The second-order valence-electron chi connectivity index (χ2n) is 3.09. The molecule has 1 heterocycles. The van der Waals surface area contributed by atoms with Crippen LogP contribution < -0.4 is 0 Å². The quantitative estimate of drug-likeness (QED) is 0.592. The lowest BCUT2D eigenvalue weighted by molar-refractivity contribution is 0.659. The predicted octanol–water partition coefficient (Wildman–Crippen LogP) is 3.10. The average Bonchev–Trinajstić information content (AvgIpc) is 2.37. The van der Waals surface area contributed by atoms with E-state index in [1.807, 2.05) is 11.8 Å². The van der Waals surface area contributed by atoms with Crippen molar-refractivity contribution < 1.29 is 0 Å². The van der Waals surface area contributed by atoms with Gasteiger partial charge in [0.15, 0.2) is 0 Å². The highest BCUT2D eigenvalue weighted by Crippen LogP contribution is 2.27. The molecular weight excluding hydrogens is 154 g/mol. The number of hydrogen-bond acceptors (Lipinski definition) is 2. The summed E-state index contributed by atoms with van der Waals surface area (Å²) in [7, 11) is 0. The zero-order chi connectivity index (χ0) is 8.10. The molecule has 1 aliphatic rings. The summed E-state index contributed by atoms with van der Waals surface area (Å²) in [6.07, 6.45) is 7.39. The van der Waals surface area contributed by atoms with Gasteiger partial charge < -0.3 is 0 Å². The van der Waals surface area contributed by atoms with Gasteiger partial charge >= 0.3 is 0 Å². The van der Waals surface area contributed by atoms with Gasteiger partial charge in [0.2, 0.25) is 0 Å². The molecule has 0 aromatic rings. The third-order valence-electron chi connectivity index (χ3n) is 1.89. The minimum Gasteiger partial charge on any atom is -0.282 e. The van der Waals surface area contributed by atoms with Gasteiger partial charge in [-0.1, -0.05) is 26.2 Å². The Hall–Kier alpha value is 0.0200. The van der Waals surface area contributed by atoms with Crippen LogP contribution in [-0.4, -0.2) is 16.8 Å². The summed E-state index contributed by atoms with van der Waals surface area (Å²) in [6.45, 7) is 4.46. The molecule has 0 amide bonds. The molecule has 0 N–H and O–H groups in total. The van der Waals surface area contributed by atoms with E-state index in [2.05, 4.69) is 25.1 Å². The third kappa shape index (κ3) is 3.28. The monoisotopic (exact) mass is 171 g/mol. The summed E-state index contributed by atoms with van der Waals surface area (Å²) < 4.78 is 0. The molecule has 0 saturated heterocycles. The molecule has 0 aliphatic carbocycles. The Morgan fingerprint density at radius 3 is 2.82 bits per heavy atom. The van der Waals surface area contributed by atoms with Gasteiger partial charge in [0.1, 0.15) is 0 Å². The fraction of sp³-hybridized carbons (Fsp3) is 0.889. The Labute approximate surface area is 73.7 Å². The lowest BCUT2D eigenvalue weighted by Gasteiger charge is -2.05. The van der Waals surface area contributed by atoms with Crippen molar-refractivity contribution in [2.75, 3.05) is 0 Å². The van der Waals surface area contributed by atoms with E-state index in [4.69, 9.17) is 0 Å². The highest BCUT2D eigenvalue weighted by Gasteiger charge is 2.15. The number of rotatable bonds is 4. The average molecular weight is 171 g/mol. The van der Waals surface area contributed by atoms with E-state index in [0.29, 0.717) is 10.6 Å². The molecular formula is C9H17NS. The molecule has 2 heteroatoms. The van der Waals surface area contributed by atoms with Gasteiger partial charge in [-0.25, -0.2) is 0 Å². The van der Waals surface area contributed by atoms with Crippen molar-refractivity contribution in [1.82, 2.24) is 0 Å². The van der Waals surface area contributed by atoms with Crippen molar-refractivity contribution in [1.29, 1.82) is 0 Å². The minimum atomic E-state index is 0.580. The SMILES string of the molecule is CCCCC[C@@H]1N=C[C@@H](C)S1. The second-order valence-corrected chi connectivity index (χ2v) is 4.65. The van der Waals surface area contributed by atoms with Crippen LogP contribution in [0.4, 0.5) is 0 Å². The van der Waals surface area contributed by atoms with Gasteiger partial charge in [-0.3, -0.25) is 4.99 Å². The number of thioether (sulfide) groups is 1. The zero-order valence-electron chi connectivity index (χ0n) is 7.42. The third-order valence-corrected chi connectivity index (χ3v) is 3.11. The van der Waals surface area contributed by atoms with Crippen molar-refractivity contribution in [2.24, 2.45) is 4.99 Å². The fourth-order valence-electron chi connectivity index (χ4n) is 1.25. The van der Waals surface area contributed by atoms with Crippen molar-refractivity contribution in [3.63, 3.8) is 0 Å². The number of hydrogen-bond donors (Lipinski definition) is 0. The van der Waals surface area contributed by atoms with Crippen LogP contribution in [0.25, 0.3) is 0 Å². The highest BCUT2D eigenvalue weighted by molar-refractivity contribution is 8.01. The van der Waals surface area contributed by atoms with Crippen molar-refractivity contribution in [2.45, 2.75) is 50.2 Å². The molecule has 0 fully saturated rings. The number of nitrogens with zero attached hydrogens (tertiary/aromatic N) is 1. The fourth-order valence-corrected chi connectivity index (χ4v) is 2.33. The van der Waals surface area contributed by atoms with E-state index in [9.17, 15) is 0 Å². The molecule has 64 valence electrons. The topological polar surface area (TPSA) is 12.4 Å². The summed E-state index contributed by atoms with van der Waals surface area (Å²) in [5.41, 5.74) is 0. The Morgan fingerprint density at radius 1 is 1.45 bits per heavy atom. The summed E-state index contributed by atoms with van der Waals surface area (Å²) in [5.74, 6) is 0. The highest BCUT2D eigenvalue weighted by atomic mass is 32.2. The van der Waals surface area contributed by atoms with Gasteiger partial charge in [-0.05, 0) is 13.3 Å². The summed E-state index contributed by atoms with van der Waals surface area (Å²) in [5, 5.41) is 1.23. The molecule has 11 heavy (non-hydrogen) atoms. The first-order valence-corrected chi connectivity index (χ1v) is 5.46. The maximum atomic E-state index is 4.43. The van der Waals surface area contributed by atoms with Crippen LogP contribution in [0.1, 0.15) is 39.5 Å². The van der Waals surface area contributed by atoms with E-state index in [0.717, 1.165) is 0 Å². The Kier molecular flexibility index (Phi) is 3.98. The van der Waals surface area contributed by atoms with Gasteiger partial charge in [0.25, 0.3) is 0 Å². The molecule has 0 radical (unpaired) electrons. The molecule has 1 rings (SSSR count). The van der Waals surface area contributed by atoms with E-state index < -0.39 is 0 Å². The standard InChI is InChI=1S/C9H17NS/c1-3-4-5-6-9-10-7-8(2)11-9/h7-9H,3-6H2,1-2H3/t8-,9-/m1/s1. The Balaban J connectivity index is 2.05. The van der Waals surface area contributed by atoms with Crippen LogP contribution in [0.3, 0.4) is 0 Å². The van der Waals surface area contributed by atoms with Crippen LogP contribution in [0, 0.1) is 0 Å². The molecule has 0 unspecified atom stereocenters. The lowest BCUT2D eigenvalue weighted by Crippen LogP contribution is -1.96. The van der Waals surface area contributed by atoms with Gasteiger partial charge in [-0.2, -0.15) is 0 Å². The Morgan fingerprint density at radius 2 is 2.27 bits per heavy atom. The molecule has 0 saturated carbocycles. The second kappa shape index (κ2) is 4.81. The molecule has 1 aliphatic heterocycles. The minimum absolute atomic E-state index is 0.580. The van der Waals surface area contributed by atoms with Crippen LogP contribution in [0.2, 0.25) is 0 Å². The smallest absolute Gasteiger partial charge is 0.0954 e. The zero-order valence-corrected chi connectivity index (χ0v) is 8.23. The first-order chi connectivity index (χ1) is 5.33. The molecule has 1 nitrogen and oxygen atoms in total. The predicted molar refractivity (Wildman–Crippen MR) is 53.5 cm³/mol. The van der Waals surface area contributed by atoms with Crippen LogP contribution in [0.5, 0.6) is 0 Å². The number of unbranched alkanes of at least 4 members (excludes halogenated alkanes) is 2. The largest absolute Gasteiger partial charge is 0.282 e. The molecule has 2 atom stereocenters. The van der Waals surface area contributed by atoms with Crippen molar-refractivity contribution in [3.8, 4) is 0 Å². The van der Waals surface area contributed by atoms with E-state index in [1.165, 1.54) is 25.7 Å². The number of aliphatic imine (C=N–C) groups is 1.